The Hall–Kier alpha value is -0.830. The lowest BCUT2D eigenvalue weighted by Crippen LogP contribution is -1.86. The zero-order chi connectivity index (χ0) is 6.69. The zero-order valence-corrected chi connectivity index (χ0v) is 5.51. The van der Waals surface area contributed by atoms with Gasteiger partial charge in [-0.25, -0.2) is 9.97 Å². The molecule has 3 nitrogen and oxygen atoms in total. The van der Waals surface area contributed by atoms with Gasteiger partial charge in [-0.1, -0.05) is 0 Å². The summed E-state index contributed by atoms with van der Waals surface area (Å²) in [5.41, 5.74) is 0. The average molecular weight is 144 g/mol. The highest BCUT2D eigenvalue weighted by atomic mass is 35.5. The van der Waals surface area contributed by atoms with Gasteiger partial charge in [0.15, 0.2) is 5.75 Å². The molecule has 0 bridgehead atoms. The molecule has 0 saturated heterocycles. The maximum absolute atomic E-state index is 5.36. The van der Waals surface area contributed by atoms with E-state index in [2.05, 4.69) is 16.2 Å². The van der Waals surface area contributed by atoms with Crippen molar-refractivity contribution in [1.82, 2.24) is 9.97 Å². The third-order valence-corrected chi connectivity index (χ3v) is 0.949. The Labute approximate surface area is 57.7 Å². The Bertz CT molecular complexity index is 187. The average Bonchev–Trinajstić information content (AvgIpc) is 1.90. The first-order chi connectivity index (χ1) is 4.33. The molecule has 0 amide bonds. The fourth-order valence-electron chi connectivity index (χ4n) is 0.369. The number of hydrogen-bond acceptors (Lipinski definition) is 3. The summed E-state index contributed by atoms with van der Waals surface area (Å²) >= 11 is 5.36. The molecular weight excluding hydrogens is 140 g/mol. The zero-order valence-electron chi connectivity index (χ0n) is 4.76. The van der Waals surface area contributed by atoms with Crippen LogP contribution in [0.2, 0.25) is 5.28 Å². The summed E-state index contributed by atoms with van der Waals surface area (Å²) < 4.78 is 4.73. The van der Waals surface area contributed by atoms with Gasteiger partial charge in [0.05, 0.1) is 13.3 Å². The van der Waals surface area contributed by atoms with Crippen LogP contribution in [0.3, 0.4) is 0 Å². The molecule has 0 aromatic carbocycles. The highest BCUT2D eigenvalue weighted by molar-refractivity contribution is 6.28. The summed E-state index contributed by atoms with van der Waals surface area (Å²) in [6.07, 6.45) is 3.97. The molecule has 1 radical (unpaired) electrons. The molecule has 1 aromatic rings. The Morgan fingerprint density at radius 3 is 3.00 bits per heavy atom. The highest BCUT2D eigenvalue weighted by Crippen LogP contribution is 2.05. The Balaban J connectivity index is 2.88. The minimum atomic E-state index is 0.177. The first kappa shape index (κ1) is 6.29. The van der Waals surface area contributed by atoms with E-state index >= 15 is 0 Å². The molecule has 0 N–H and O–H groups in total. The summed E-state index contributed by atoms with van der Waals surface area (Å²) in [4.78, 5) is 7.20. The molecule has 1 heterocycles. The topological polar surface area (TPSA) is 35.0 Å². The Kier molecular flexibility index (Phi) is 1.85. The number of rotatable bonds is 1. The van der Waals surface area contributed by atoms with Gasteiger partial charge < -0.3 is 4.74 Å². The molecule has 0 aliphatic heterocycles. The first-order valence-corrected chi connectivity index (χ1v) is 2.65. The molecule has 4 heteroatoms. The van der Waals surface area contributed by atoms with Crippen LogP contribution in [0.15, 0.2) is 6.20 Å². The van der Waals surface area contributed by atoms with Gasteiger partial charge in [-0.05, 0) is 11.6 Å². The second kappa shape index (κ2) is 2.64. The second-order valence-electron chi connectivity index (χ2n) is 1.32. The summed E-state index contributed by atoms with van der Waals surface area (Å²) in [5.74, 6) is 0.486. The van der Waals surface area contributed by atoms with E-state index in [1.54, 1.807) is 0 Å². The van der Waals surface area contributed by atoms with Crippen molar-refractivity contribution >= 4 is 11.6 Å². The summed E-state index contributed by atoms with van der Waals surface area (Å²) in [6, 6.07) is 0. The van der Waals surface area contributed by atoms with Crippen molar-refractivity contribution in [3.8, 4) is 5.75 Å². The third kappa shape index (κ3) is 1.54. The monoisotopic (exact) mass is 143 g/mol. The van der Waals surface area contributed by atoms with Crippen molar-refractivity contribution in [3.63, 3.8) is 0 Å². The predicted octanol–water partition coefficient (Wildman–Crippen LogP) is 0.939. The molecule has 0 aliphatic carbocycles. The largest absolute Gasteiger partial charge is 0.493 e. The van der Waals surface area contributed by atoms with Crippen molar-refractivity contribution < 1.29 is 4.74 Å². The Morgan fingerprint density at radius 2 is 2.56 bits per heavy atom. The van der Waals surface area contributed by atoms with Gasteiger partial charge in [0.25, 0.3) is 0 Å². The van der Waals surface area contributed by atoms with Gasteiger partial charge in [-0.2, -0.15) is 0 Å². The normalized spacial score (nSPS) is 9.11. The van der Waals surface area contributed by atoms with Crippen LogP contribution in [-0.2, 0) is 0 Å². The lowest BCUT2D eigenvalue weighted by Gasteiger charge is -1.93. The molecule has 0 saturated carbocycles. The number of methoxy groups -OCH3 is 1. The molecule has 0 spiro atoms. The van der Waals surface area contributed by atoms with Crippen molar-refractivity contribution in [2.45, 2.75) is 0 Å². The van der Waals surface area contributed by atoms with Crippen molar-refractivity contribution in [1.29, 1.82) is 0 Å². The molecule has 0 fully saturated rings. The molecule has 9 heavy (non-hydrogen) atoms. The maximum Gasteiger partial charge on any atom is 0.223 e. The summed E-state index contributed by atoms with van der Waals surface area (Å²) in [7, 11) is 1.52. The molecule has 47 valence electrons. The molecule has 0 atom stereocenters. The predicted molar refractivity (Wildman–Crippen MR) is 32.4 cm³/mol. The van der Waals surface area contributed by atoms with Crippen LogP contribution in [0.1, 0.15) is 0 Å². The van der Waals surface area contributed by atoms with Gasteiger partial charge in [0, 0.05) is 0 Å². The summed E-state index contributed by atoms with van der Waals surface area (Å²) in [5, 5.41) is 0.177. The Morgan fingerprint density at radius 1 is 1.78 bits per heavy atom. The van der Waals surface area contributed by atoms with Gasteiger partial charge in [0.2, 0.25) is 5.28 Å². The number of nitrogens with zero attached hydrogens (tertiary/aromatic N) is 2. The van der Waals surface area contributed by atoms with E-state index < -0.39 is 0 Å². The van der Waals surface area contributed by atoms with E-state index in [0.29, 0.717) is 5.75 Å². The van der Waals surface area contributed by atoms with Gasteiger partial charge in [-0.15, -0.1) is 0 Å². The maximum atomic E-state index is 5.36. The van der Waals surface area contributed by atoms with Crippen LogP contribution in [0.4, 0.5) is 0 Å². The van der Waals surface area contributed by atoms with Crippen LogP contribution in [-0.4, -0.2) is 17.1 Å². The van der Waals surface area contributed by atoms with E-state index in [-0.39, 0.29) is 5.28 Å². The van der Waals surface area contributed by atoms with Gasteiger partial charge in [-0.3, -0.25) is 0 Å². The fraction of sp³-hybridized carbons (Fsp3) is 0.200. The van der Waals surface area contributed by atoms with E-state index in [1.165, 1.54) is 13.3 Å². The van der Waals surface area contributed by atoms with Crippen molar-refractivity contribution in [2.24, 2.45) is 0 Å². The van der Waals surface area contributed by atoms with Crippen LogP contribution in [0.25, 0.3) is 0 Å². The standard InChI is InChI=1S/C5H4ClN2O/c1-9-4-2-7-5(6)8-3-4/h2H,1H3. The second-order valence-corrected chi connectivity index (χ2v) is 1.66. The van der Waals surface area contributed by atoms with E-state index in [1.807, 2.05) is 0 Å². The third-order valence-electron chi connectivity index (χ3n) is 0.767. The highest BCUT2D eigenvalue weighted by Gasteiger charge is 1.91. The smallest absolute Gasteiger partial charge is 0.223 e. The molecular formula is C5H4ClN2O. The van der Waals surface area contributed by atoms with Gasteiger partial charge >= 0.3 is 0 Å². The van der Waals surface area contributed by atoms with Crippen molar-refractivity contribution in [3.05, 3.63) is 17.7 Å². The minimum absolute atomic E-state index is 0.177. The number of ether oxygens (including phenoxy) is 1. The van der Waals surface area contributed by atoms with Crippen molar-refractivity contribution in [2.75, 3.05) is 7.11 Å². The SMILES string of the molecule is COc1[c]nc(Cl)nc1. The quantitative estimate of drug-likeness (QED) is 0.549. The first-order valence-electron chi connectivity index (χ1n) is 2.27. The van der Waals surface area contributed by atoms with Gasteiger partial charge in [0.1, 0.15) is 6.20 Å². The van der Waals surface area contributed by atoms with Crippen LogP contribution in [0, 0.1) is 6.20 Å². The molecule has 0 aliphatic rings. The van der Waals surface area contributed by atoms with E-state index in [4.69, 9.17) is 16.3 Å². The minimum Gasteiger partial charge on any atom is -0.493 e. The lowest BCUT2D eigenvalue weighted by atomic mass is 10.6. The van der Waals surface area contributed by atoms with E-state index in [9.17, 15) is 0 Å². The summed E-state index contributed by atoms with van der Waals surface area (Å²) in [6.45, 7) is 0. The molecule has 0 unspecified atom stereocenters. The van der Waals surface area contributed by atoms with Crippen LogP contribution >= 0.6 is 11.6 Å². The van der Waals surface area contributed by atoms with Crippen LogP contribution in [0.5, 0.6) is 5.75 Å². The fourth-order valence-corrected chi connectivity index (χ4v) is 0.460. The number of aromatic nitrogens is 2. The molecule has 1 aromatic heterocycles. The van der Waals surface area contributed by atoms with Crippen LogP contribution < -0.4 is 4.74 Å². The van der Waals surface area contributed by atoms with E-state index in [0.717, 1.165) is 0 Å². The number of hydrogen-bond donors (Lipinski definition) is 0. The molecule has 1 rings (SSSR count). The lowest BCUT2D eigenvalue weighted by molar-refractivity contribution is 0.409. The number of halogens is 1.